The van der Waals surface area contributed by atoms with E-state index in [1.165, 1.54) is 77.9 Å². The van der Waals surface area contributed by atoms with E-state index in [0.717, 1.165) is 0 Å². The molecule has 0 atom stereocenters. The molecule has 0 fully saturated rings. The summed E-state index contributed by atoms with van der Waals surface area (Å²) in [6.45, 7) is 20.3. The fourth-order valence-corrected chi connectivity index (χ4v) is 7.15. The molecular weight excluding hydrogens is 565 g/mol. The molecule has 0 aromatic heterocycles. The number of hydrogen-bond acceptors (Lipinski definition) is 0. The number of fused-ring (bicyclic) bond motifs is 10. The smallest absolute Gasteiger partial charge is 0.0683 e. The summed E-state index contributed by atoms with van der Waals surface area (Å²) in [5, 5.41) is 0. The van der Waals surface area contributed by atoms with Crippen LogP contribution in [0.15, 0.2) is 133 Å². The third-order valence-electron chi connectivity index (χ3n) is 8.79. The Labute approximate surface area is 285 Å². The monoisotopic (exact) mass is 616 g/mol. The molecule has 240 valence electrons. The molecular formula is C47H52. The third kappa shape index (κ3) is 5.98. The van der Waals surface area contributed by atoms with Crippen molar-refractivity contribution < 1.29 is 0 Å². The summed E-state index contributed by atoms with van der Waals surface area (Å²) in [6.07, 6.45) is 0. The molecule has 8 rings (SSSR count). The van der Waals surface area contributed by atoms with Gasteiger partial charge in [-0.3, -0.25) is 0 Å². The fourth-order valence-electron chi connectivity index (χ4n) is 7.15. The molecule has 0 saturated carbocycles. The lowest BCUT2D eigenvalue weighted by Crippen LogP contribution is -2.26. The molecule has 2 aliphatic carbocycles. The van der Waals surface area contributed by atoms with Crippen molar-refractivity contribution in [2.45, 2.75) is 74.7 Å². The topological polar surface area (TPSA) is 0 Å². The molecule has 0 nitrogen and oxygen atoms in total. The largest absolute Gasteiger partial charge is 0.0725 e. The molecule has 1 spiro atoms. The first-order valence-corrected chi connectivity index (χ1v) is 17.8. The van der Waals surface area contributed by atoms with Gasteiger partial charge in [-0.15, -0.1) is 0 Å². The van der Waals surface area contributed by atoms with Gasteiger partial charge in [0, 0.05) is 0 Å². The van der Waals surface area contributed by atoms with E-state index in [-0.39, 0.29) is 5.41 Å². The Morgan fingerprint density at radius 1 is 0.298 bits per heavy atom. The molecule has 2 aliphatic rings. The number of benzene rings is 6. The van der Waals surface area contributed by atoms with Crippen LogP contribution in [0.5, 0.6) is 0 Å². The normalized spacial score (nSPS) is 11.8. The van der Waals surface area contributed by atoms with Gasteiger partial charge in [0.1, 0.15) is 0 Å². The van der Waals surface area contributed by atoms with Crippen LogP contribution < -0.4 is 0 Å². The minimum Gasteiger partial charge on any atom is -0.0683 e. The van der Waals surface area contributed by atoms with E-state index in [4.69, 9.17) is 0 Å². The van der Waals surface area contributed by atoms with Crippen LogP contribution in [0.3, 0.4) is 0 Å². The highest BCUT2D eigenvalue weighted by molar-refractivity contribution is 5.96. The molecule has 0 heterocycles. The lowest BCUT2D eigenvalue weighted by Gasteiger charge is -2.31. The van der Waals surface area contributed by atoms with Gasteiger partial charge in [-0.05, 0) is 92.7 Å². The lowest BCUT2D eigenvalue weighted by atomic mass is 9.70. The summed E-state index contributed by atoms with van der Waals surface area (Å²) in [7, 11) is 0. The predicted molar refractivity (Wildman–Crippen MR) is 208 cm³/mol. The first-order chi connectivity index (χ1) is 23.1. The van der Waals surface area contributed by atoms with Crippen LogP contribution in [0.4, 0.5) is 0 Å². The predicted octanol–water partition coefficient (Wildman–Crippen LogP) is 14.1. The Balaban J connectivity index is 0.000000584. The van der Waals surface area contributed by atoms with Crippen LogP contribution >= 0.6 is 0 Å². The highest BCUT2D eigenvalue weighted by atomic mass is 14.5. The van der Waals surface area contributed by atoms with E-state index in [0.29, 0.717) is 0 Å². The zero-order valence-corrected chi connectivity index (χ0v) is 30.2. The highest BCUT2D eigenvalue weighted by Crippen LogP contribution is 2.63. The van der Waals surface area contributed by atoms with Gasteiger partial charge >= 0.3 is 0 Å². The standard InChI is InChI=1S/C39H28.4C2H6/c1-25-9-7-11-27(21-25)29-17-19-33-34-20-18-30(28-12-8-10-26(2)22-28)24-38(34)39(37(33)23-29)35-15-5-3-13-31(35)32-14-4-6-16-36(32)39;4*1-2/h3-24H,1-2H3;4*1-2H3. The highest BCUT2D eigenvalue weighted by Gasteiger charge is 2.51. The minimum absolute atomic E-state index is 0.350. The first kappa shape index (κ1) is 35.2. The second-order valence-corrected chi connectivity index (χ2v) is 11.1. The maximum atomic E-state index is 2.47. The summed E-state index contributed by atoms with van der Waals surface area (Å²) in [4.78, 5) is 0. The van der Waals surface area contributed by atoms with Gasteiger partial charge in [0.2, 0.25) is 0 Å². The van der Waals surface area contributed by atoms with Crippen LogP contribution in [0.25, 0.3) is 44.5 Å². The van der Waals surface area contributed by atoms with Crippen molar-refractivity contribution in [1.82, 2.24) is 0 Å². The van der Waals surface area contributed by atoms with Gasteiger partial charge in [0.05, 0.1) is 5.41 Å². The van der Waals surface area contributed by atoms with Crippen molar-refractivity contribution in [3.8, 4) is 44.5 Å². The Kier molecular flexibility index (Phi) is 11.8. The van der Waals surface area contributed by atoms with Crippen LogP contribution in [0, 0.1) is 13.8 Å². The van der Waals surface area contributed by atoms with Crippen molar-refractivity contribution in [3.63, 3.8) is 0 Å². The van der Waals surface area contributed by atoms with Crippen molar-refractivity contribution >= 4 is 0 Å². The molecule has 0 aliphatic heterocycles. The summed E-state index contributed by atoms with van der Waals surface area (Å²) < 4.78 is 0. The van der Waals surface area contributed by atoms with E-state index < -0.39 is 0 Å². The molecule has 6 aromatic rings. The summed E-state index contributed by atoms with van der Waals surface area (Å²) in [5.74, 6) is 0. The zero-order valence-electron chi connectivity index (χ0n) is 30.2. The van der Waals surface area contributed by atoms with Crippen LogP contribution in [0.2, 0.25) is 0 Å². The van der Waals surface area contributed by atoms with Crippen molar-refractivity contribution in [2.24, 2.45) is 0 Å². The average Bonchev–Trinajstić information content (AvgIpc) is 3.61. The van der Waals surface area contributed by atoms with E-state index >= 15 is 0 Å². The van der Waals surface area contributed by atoms with Gasteiger partial charge in [0.15, 0.2) is 0 Å². The lowest BCUT2D eigenvalue weighted by molar-refractivity contribution is 0.794. The average molecular weight is 617 g/mol. The van der Waals surface area contributed by atoms with Crippen LogP contribution in [0.1, 0.15) is 88.8 Å². The molecule has 0 saturated heterocycles. The Bertz CT molecular complexity index is 1790. The quantitative estimate of drug-likeness (QED) is 0.181. The molecule has 47 heavy (non-hydrogen) atoms. The third-order valence-corrected chi connectivity index (χ3v) is 8.79. The van der Waals surface area contributed by atoms with Crippen LogP contribution in [-0.4, -0.2) is 0 Å². The SMILES string of the molecule is CC.CC.CC.CC.Cc1cccc(-c2ccc3c(c2)C2(c4ccccc4-c4ccccc42)c2cc(-c4cccc(C)c4)ccc2-3)c1. The van der Waals surface area contributed by atoms with E-state index in [1.807, 2.05) is 55.4 Å². The Hall–Kier alpha value is -4.68. The van der Waals surface area contributed by atoms with Gasteiger partial charge in [-0.2, -0.15) is 0 Å². The molecule has 6 aromatic carbocycles. The van der Waals surface area contributed by atoms with Crippen molar-refractivity contribution in [1.29, 1.82) is 0 Å². The second-order valence-electron chi connectivity index (χ2n) is 11.1. The minimum atomic E-state index is -0.350. The number of rotatable bonds is 2. The molecule has 0 unspecified atom stereocenters. The van der Waals surface area contributed by atoms with Gasteiger partial charge in [-0.1, -0.05) is 188 Å². The maximum Gasteiger partial charge on any atom is 0.0725 e. The summed E-state index contributed by atoms with van der Waals surface area (Å²) in [6, 6.07) is 50.1. The first-order valence-electron chi connectivity index (χ1n) is 17.8. The zero-order chi connectivity index (χ0) is 34.1. The van der Waals surface area contributed by atoms with Gasteiger partial charge in [-0.25, -0.2) is 0 Å². The summed E-state index contributed by atoms with van der Waals surface area (Å²) >= 11 is 0. The molecule has 0 bridgehead atoms. The summed E-state index contributed by atoms with van der Waals surface area (Å²) in [5.41, 5.74) is 18.2. The van der Waals surface area contributed by atoms with E-state index in [9.17, 15) is 0 Å². The fraction of sp³-hybridized carbons (Fsp3) is 0.234. The molecule has 0 N–H and O–H groups in total. The van der Waals surface area contributed by atoms with Gasteiger partial charge < -0.3 is 0 Å². The Morgan fingerprint density at radius 2 is 0.638 bits per heavy atom. The molecule has 0 radical (unpaired) electrons. The Morgan fingerprint density at radius 3 is 1.02 bits per heavy atom. The number of aryl methyl sites for hydroxylation is 2. The maximum absolute atomic E-state index is 2.47. The second kappa shape index (κ2) is 15.7. The molecule has 0 amide bonds. The van der Waals surface area contributed by atoms with E-state index in [2.05, 4.69) is 147 Å². The van der Waals surface area contributed by atoms with E-state index in [1.54, 1.807) is 0 Å². The van der Waals surface area contributed by atoms with Crippen LogP contribution in [-0.2, 0) is 5.41 Å². The molecule has 0 heteroatoms. The number of hydrogen-bond donors (Lipinski definition) is 0. The van der Waals surface area contributed by atoms with Gasteiger partial charge in [0.25, 0.3) is 0 Å². The van der Waals surface area contributed by atoms with Crippen molar-refractivity contribution in [3.05, 3.63) is 167 Å². The van der Waals surface area contributed by atoms with Crippen molar-refractivity contribution in [2.75, 3.05) is 0 Å².